The fourth-order valence-corrected chi connectivity index (χ4v) is 3.29. The van der Waals surface area contributed by atoms with Gasteiger partial charge in [-0.2, -0.15) is 0 Å². The number of carbonyl (C=O) groups excluding carboxylic acids is 1. The van der Waals surface area contributed by atoms with E-state index in [-0.39, 0.29) is 5.91 Å². The molecular formula is C17H24Cl2N4O. The van der Waals surface area contributed by atoms with Crippen LogP contribution in [0.1, 0.15) is 19.4 Å². The molecule has 0 aromatic heterocycles. The van der Waals surface area contributed by atoms with Crippen molar-refractivity contribution >= 4 is 35.1 Å². The minimum Gasteiger partial charge on any atom is -0.357 e. The van der Waals surface area contributed by atoms with Gasteiger partial charge in [-0.05, 0) is 31.0 Å². The van der Waals surface area contributed by atoms with Crippen LogP contribution in [-0.2, 0) is 11.2 Å². The lowest BCUT2D eigenvalue weighted by Crippen LogP contribution is -2.53. The van der Waals surface area contributed by atoms with Crippen molar-refractivity contribution in [2.24, 2.45) is 4.99 Å². The van der Waals surface area contributed by atoms with Crippen LogP contribution in [0, 0.1) is 0 Å². The molecule has 7 heteroatoms. The Morgan fingerprint density at radius 3 is 2.29 bits per heavy atom. The predicted octanol–water partition coefficient (Wildman–Crippen LogP) is 2.67. The fraction of sp³-hybridized carbons (Fsp3) is 0.529. The highest BCUT2D eigenvalue weighted by Gasteiger charge is 2.20. The van der Waals surface area contributed by atoms with Gasteiger partial charge in [0.25, 0.3) is 0 Å². The van der Waals surface area contributed by atoms with Crippen molar-refractivity contribution in [3.05, 3.63) is 33.8 Å². The number of nitrogens with one attached hydrogen (secondary N) is 1. The van der Waals surface area contributed by atoms with E-state index in [1.165, 1.54) is 0 Å². The van der Waals surface area contributed by atoms with E-state index in [1.54, 1.807) is 6.92 Å². The third kappa shape index (κ3) is 5.02. The highest BCUT2D eigenvalue weighted by molar-refractivity contribution is 6.35. The molecule has 1 fully saturated rings. The first-order chi connectivity index (χ1) is 11.5. The van der Waals surface area contributed by atoms with Crippen LogP contribution < -0.4 is 5.32 Å². The zero-order valence-corrected chi connectivity index (χ0v) is 15.7. The van der Waals surface area contributed by atoms with Crippen molar-refractivity contribution in [2.45, 2.75) is 20.3 Å². The molecule has 0 saturated carbocycles. The minimum atomic E-state index is 0.130. The van der Waals surface area contributed by atoms with Crippen LogP contribution in [0.2, 0.25) is 10.0 Å². The maximum absolute atomic E-state index is 11.4. The number of rotatable bonds is 4. The van der Waals surface area contributed by atoms with Gasteiger partial charge in [-0.1, -0.05) is 29.3 Å². The predicted molar refractivity (Wildman–Crippen MR) is 100.0 cm³/mol. The number of carbonyl (C=O) groups is 1. The van der Waals surface area contributed by atoms with Crippen LogP contribution in [0.15, 0.2) is 23.2 Å². The van der Waals surface area contributed by atoms with Gasteiger partial charge in [0.2, 0.25) is 5.91 Å². The minimum absolute atomic E-state index is 0.130. The first-order valence-electron chi connectivity index (χ1n) is 8.24. The number of guanidine groups is 1. The number of hydrogen-bond acceptors (Lipinski definition) is 2. The lowest BCUT2D eigenvalue weighted by molar-refractivity contribution is -0.130. The van der Waals surface area contributed by atoms with Crippen LogP contribution in [0.5, 0.6) is 0 Å². The van der Waals surface area contributed by atoms with E-state index in [9.17, 15) is 4.79 Å². The molecule has 1 aliphatic rings. The first kappa shape index (κ1) is 18.9. The number of aliphatic imine (C=N–C) groups is 1. The summed E-state index contributed by atoms with van der Waals surface area (Å²) in [5, 5.41) is 4.68. The molecule has 0 bridgehead atoms. The third-order valence-electron chi connectivity index (χ3n) is 4.04. The van der Waals surface area contributed by atoms with E-state index < -0.39 is 0 Å². The van der Waals surface area contributed by atoms with E-state index in [4.69, 9.17) is 28.2 Å². The summed E-state index contributed by atoms with van der Waals surface area (Å²) in [5.41, 5.74) is 0.932. The van der Waals surface area contributed by atoms with Crippen molar-refractivity contribution in [3.63, 3.8) is 0 Å². The SMILES string of the molecule is CCNC(=NCCc1c(Cl)cccc1Cl)N1CCN(C(C)=O)CC1. The Morgan fingerprint density at radius 2 is 1.75 bits per heavy atom. The summed E-state index contributed by atoms with van der Waals surface area (Å²) >= 11 is 12.4. The second-order valence-corrected chi connectivity index (χ2v) is 6.49. The summed E-state index contributed by atoms with van der Waals surface area (Å²) in [7, 11) is 0. The molecule has 1 saturated heterocycles. The molecule has 1 aromatic rings. The molecule has 5 nitrogen and oxygen atoms in total. The van der Waals surface area contributed by atoms with Crippen molar-refractivity contribution in [1.29, 1.82) is 0 Å². The fourth-order valence-electron chi connectivity index (χ4n) is 2.70. The van der Waals surface area contributed by atoms with Crippen molar-refractivity contribution in [1.82, 2.24) is 15.1 Å². The van der Waals surface area contributed by atoms with Gasteiger partial charge in [-0.3, -0.25) is 9.79 Å². The van der Waals surface area contributed by atoms with Gasteiger partial charge < -0.3 is 15.1 Å². The van der Waals surface area contributed by atoms with Crippen molar-refractivity contribution in [2.75, 3.05) is 39.3 Å². The number of nitrogens with zero attached hydrogens (tertiary/aromatic N) is 3. The molecule has 0 radical (unpaired) electrons. The molecule has 132 valence electrons. The Morgan fingerprint density at radius 1 is 1.17 bits per heavy atom. The van der Waals surface area contributed by atoms with Gasteiger partial charge in [0.05, 0.1) is 0 Å². The normalized spacial score (nSPS) is 15.6. The summed E-state index contributed by atoms with van der Waals surface area (Å²) in [5.74, 6) is 1.01. The Balaban J connectivity index is 1.97. The molecule has 24 heavy (non-hydrogen) atoms. The molecule has 0 spiro atoms. The van der Waals surface area contributed by atoms with Crippen LogP contribution in [0.25, 0.3) is 0 Å². The smallest absolute Gasteiger partial charge is 0.219 e. The second kappa shape index (κ2) is 9.14. The average molecular weight is 371 g/mol. The summed E-state index contributed by atoms with van der Waals surface area (Å²) in [6, 6.07) is 5.54. The van der Waals surface area contributed by atoms with E-state index in [1.807, 2.05) is 30.0 Å². The average Bonchev–Trinajstić information content (AvgIpc) is 2.56. The summed E-state index contributed by atoms with van der Waals surface area (Å²) in [4.78, 5) is 20.2. The topological polar surface area (TPSA) is 47.9 Å². The highest BCUT2D eigenvalue weighted by atomic mass is 35.5. The quantitative estimate of drug-likeness (QED) is 0.654. The van der Waals surface area contributed by atoms with Crippen LogP contribution >= 0.6 is 23.2 Å². The van der Waals surface area contributed by atoms with Gasteiger partial charge in [-0.15, -0.1) is 0 Å². The summed E-state index contributed by atoms with van der Waals surface area (Å²) in [6.45, 7) is 8.12. The third-order valence-corrected chi connectivity index (χ3v) is 4.75. The molecule has 0 aliphatic carbocycles. The summed E-state index contributed by atoms with van der Waals surface area (Å²) < 4.78 is 0. The molecule has 1 heterocycles. The summed E-state index contributed by atoms with van der Waals surface area (Å²) in [6.07, 6.45) is 0.695. The van der Waals surface area contributed by atoms with E-state index in [2.05, 4.69) is 10.2 Å². The van der Waals surface area contributed by atoms with Gasteiger partial charge in [0, 0.05) is 56.2 Å². The van der Waals surface area contributed by atoms with Crippen LogP contribution in [0.3, 0.4) is 0 Å². The molecule has 0 atom stereocenters. The Kier molecular flexibility index (Phi) is 7.18. The molecule has 1 aromatic carbocycles. The number of benzene rings is 1. The van der Waals surface area contributed by atoms with Gasteiger partial charge in [-0.25, -0.2) is 0 Å². The van der Waals surface area contributed by atoms with Gasteiger partial charge in [0.15, 0.2) is 5.96 Å². The maximum atomic E-state index is 11.4. The number of amides is 1. The van der Waals surface area contributed by atoms with Crippen molar-refractivity contribution < 1.29 is 4.79 Å². The molecule has 0 unspecified atom stereocenters. The molecule has 1 aliphatic heterocycles. The van der Waals surface area contributed by atoms with E-state index >= 15 is 0 Å². The van der Waals surface area contributed by atoms with E-state index in [0.29, 0.717) is 23.0 Å². The molecular weight excluding hydrogens is 347 g/mol. The van der Waals surface area contributed by atoms with Gasteiger partial charge >= 0.3 is 0 Å². The van der Waals surface area contributed by atoms with Gasteiger partial charge in [0.1, 0.15) is 0 Å². The lowest BCUT2D eigenvalue weighted by Gasteiger charge is -2.36. The Labute approximate surface area is 153 Å². The van der Waals surface area contributed by atoms with Crippen molar-refractivity contribution in [3.8, 4) is 0 Å². The van der Waals surface area contributed by atoms with Crippen LogP contribution in [-0.4, -0.2) is 60.9 Å². The largest absolute Gasteiger partial charge is 0.357 e. The zero-order chi connectivity index (χ0) is 17.5. The number of hydrogen-bond donors (Lipinski definition) is 1. The zero-order valence-electron chi connectivity index (χ0n) is 14.2. The molecule has 1 N–H and O–H groups in total. The Hall–Kier alpha value is -1.46. The monoisotopic (exact) mass is 370 g/mol. The number of halogens is 2. The van der Waals surface area contributed by atoms with E-state index in [0.717, 1.165) is 44.2 Å². The molecule has 1 amide bonds. The molecule has 2 rings (SSSR count). The number of piperazine rings is 1. The lowest BCUT2D eigenvalue weighted by atomic mass is 10.1. The maximum Gasteiger partial charge on any atom is 0.219 e. The Bertz CT molecular complexity index is 578. The highest BCUT2D eigenvalue weighted by Crippen LogP contribution is 2.24. The van der Waals surface area contributed by atoms with Crippen LogP contribution in [0.4, 0.5) is 0 Å². The first-order valence-corrected chi connectivity index (χ1v) is 9.00. The second-order valence-electron chi connectivity index (χ2n) is 5.68. The standard InChI is InChI=1S/C17H24Cl2N4O/c1-3-20-17(23-11-9-22(10-12-23)13(2)24)21-8-7-14-15(18)5-4-6-16(14)19/h4-6H,3,7-12H2,1-2H3,(H,20,21).